The Labute approximate surface area is 160 Å². The first-order chi connectivity index (χ1) is 12.8. The van der Waals surface area contributed by atoms with Crippen LogP contribution in [0, 0.1) is 0 Å². The fraction of sp³-hybridized carbons (Fsp3) is 0.167. The van der Waals surface area contributed by atoms with Gasteiger partial charge in [0.25, 0.3) is 0 Å². The Hall–Kier alpha value is -2.78. The lowest BCUT2D eigenvalue weighted by Gasteiger charge is -2.12. The van der Waals surface area contributed by atoms with Gasteiger partial charge in [0.2, 0.25) is 11.8 Å². The predicted octanol–water partition coefficient (Wildman–Crippen LogP) is 2.68. The number of amides is 2. The molecule has 3 aromatic rings. The molecule has 0 aliphatic carbocycles. The number of aromatic nitrogens is 1. The van der Waals surface area contributed by atoms with Gasteiger partial charge in [0.15, 0.2) is 15.0 Å². The van der Waals surface area contributed by atoms with Crippen molar-refractivity contribution in [1.29, 1.82) is 0 Å². The number of nitrogens with zero attached hydrogens (tertiary/aromatic N) is 1. The zero-order chi connectivity index (χ0) is 19.4. The monoisotopic (exact) mass is 403 g/mol. The Morgan fingerprint density at radius 1 is 1.04 bits per heavy atom. The van der Waals surface area contributed by atoms with Gasteiger partial charge in [0.1, 0.15) is 11.0 Å². The molecule has 9 heteroatoms. The summed E-state index contributed by atoms with van der Waals surface area (Å²) in [5.41, 5.74) is 1.21. The average molecular weight is 403 g/mol. The summed E-state index contributed by atoms with van der Waals surface area (Å²) in [4.78, 5) is 28.6. The van der Waals surface area contributed by atoms with Crippen molar-refractivity contribution in [2.75, 3.05) is 16.4 Å². The Balaban J connectivity index is 1.64. The molecule has 0 aliphatic heterocycles. The third-order valence-corrected chi connectivity index (χ3v) is 6.73. The van der Waals surface area contributed by atoms with Crippen molar-refractivity contribution in [1.82, 2.24) is 4.98 Å². The van der Waals surface area contributed by atoms with E-state index >= 15 is 0 Å². The van der Waals surface area contributed by atoms with Gasteiger partial charge < -0.3 is 10.6 Å². The summed E-state index contributed by atoms with van der Waals surface area (Å²) in [6, 6.07) is 15.8. The van der Waals surface area contributed by atoms with Crippen molar-refractivity contribution in [3.63, 3.8) is 0 Å². The third-order valence-electron chi connectivity index (χ3n) is 3.82. The molecule has 27 heavy (non-hydrogen) atoms. The van der Waals surface area contributed by atoms with Gasteiger partial charge >= 0.3 is 0 Å². The Kier molecular flexibility index (Phi) is 5.52. The number of rotatable bonds is 6. The summed E-state index contributed by atoms with van der Waals surface area (Å²) in [5.74, 6) is -2.20. The molecule has 0 saturated heterocycles. The average Bonchev–Trinajstić information content (AvgIpc) is 3.03. The lowest BCUT2D eigenvalue weighted by Crippen LogP contribution is -2.37. The van der Waals surface area contributed by atoms with Gasteiger partial charge in [0, 0.05) is 5.69 Å². The smallest absolute Gasteiger partial charge is 0.244 e. The fourth-order valence-electron chi connectivity index (χ4n) is 2.32. The van der Waals surface area contributed by atoms with Crippen LogP contribution in [0.15, 0.2) is 54.6 Å². The Morgan fingerprint density at radius 2 is 1.70 bits per heavy atom. The minimum absolute atomic E-state index is 0.317. The molecule has 1 heterocycles. The van der Waals surface area contributed by atoms with E-state index in [0.717, 1.165) is 10.2 Å². The predicted molar refractivity (Wildman–Crippen MR) is 107 cm³/mol. The molecule has 1 aromatic heterocycles. The summed E-state index contributed by atoms with van der Waals surface area (Å²) in [6.07, 6.45) is 0. The second kappa shape index (κ2) is 7.85. The minimum atomic E-state index is -3.98. The molecule has 3 rings (SSSR count). The molecular weight excluding hydrogens is 386 g/mol. The van der Waals surface area contributed by atoms with E-state index in [0.29, 0.717) is 10.8 Å². The SMILES string of the molecule is CC(C(=O)Nc1nc2ccccc2s1)S(=O)(=O)CC(=O)Nc1ccccc1. The highest BCUT2D eigenvalue weighted by atomic mass is 32.2. The summed E-state index contributed by atoms with van der Waals surface area (Å²) in [7, 11) is -3.98. The third kappa shape index (κ3) is 4.69. The van der Waals surface area contributed by atoms with E-state index in [2.05, 4.69) is 15.6 Å². The molecule has 2 amide bonds. The molecule has 0 bridgehead atoms. The van der Waals surface area contributed by atoms with Crippen molar-refractivity contribution in [3.8, 4) is 0 Å². The van der Waals surface area contributed by atoms with Crippen molar-refractivity contribution in [3.05, 3.63) is 54.6 Å². The number of hydrogen-bond acceptors (Lipinski definition) is 6. The highest BCUT2D eigenvalue weighted by molar-refractivity contribution is 7.93. The first-order valence-electron chi connectivity index (χ1n) is 8.08. The maximum absolute atomic E-state index is 12.4. The maximum Gasteiger partial charge on any atom is 0.244 e. The van der Waals surface area contributed by atoms with Crippen LogP contribution < -0.4 is 10.6 Å². The Bertz CT molecular complexity index is 1050. The molecule has 0 radical (unpaired) electrons. The number of para-hydroxylation sites is 2. The first-order valence-corrected chi connectivity index (χ1v) is 10.6. The molecule has 2 aromatic carbocycles. The second-order valence-electron chi connectivity index (χ2n) is 5.84. The van der Waals surface area contributed by atoms with Crippen LogP contribution in [0.2, 0.25) is 0 Å². The van der Waals surface area contributed by atoms with E-state index < -0.39 is 32.7 Å². The van der Waals surface area contributed by atoms with Crippen molar-refractivity contribution < 1.29 is 18.0 Å². The number of carbonyl (C=O) groups excluding carboxylic acids is 2. The van der Waals surface area contributed by atoms with Gasteiger partial charge in [-0.3, -0.25) is 9.59 Å². The standard InChI is InChI=1S/C18H17N3O4S2/c1-12(17(23)21-18-20-14-9-5-6-10-15(14)26-18)27(24,25)11-16(22)19-13-7-3-2-4-8-13/h2-10,12H,11H2,1H3,(H,19,22)(H,20,21,23). The van der Waals surface area contributed by atoms with Gasteiger partial charge in [-0.1, -0.05) is 41.7 Å². The molecule has 0 saturated carbocycles. The molecular formula is C18H17N3O4S2. The molecule has 0 spiro atoms. The lowest BCUT2D eigenvalue weighted by atomic mass is 10.3. The highest BCUT2D eigenvalue weighted by Crippen LogP contribution is 2.25. The maximum atomic E-state index is 12.4. The highest BCUT2D eigenvalue weighted by Gasteiger charge is 2.30. The van der Waals surface area contributed by atoms with E-state index in [-0.39, 0.29) is 0 Å². The van der Waals surface area contributed by atoms with Crippen molar-refractivity contribution in [2.24, 2.45) is 0 Å². The van der Waals surface area contributed by atoms with E-state index in [9.17, 15) is 18.0 Å². The van der Waals surface area contributed by atoms with Crippen LogP contribution in [0.1, 0.15) is 6.92 Å². The van der Waals surface area contributed by atoms with Crippen molar-refractivity contribution in [2.45, 2.75) is 12.2 Å². The minimum Gasteiger partial charge on any atom is -0.325 e. The van der Waals surface area contributed by atoms with E-state index in [1.54, 1.807) is 36.4 Å². The largest absolute Gasteiger partial charge is 0.325 e. The number of hydrogen-bond donors (Lipinski definition) is 2. The number of nitrogens with one attached hydrogen (secondary N) is 2. The van der Waals surface area contributed by atoms with Crippen LogP contribution in [0.5, 0.6) is 0 Å². The summed E-state index contributed by atoms with van der Waals surface area (Å²) in [5, 5.41) is 3.95. The zero-order valence-electron chi connectivity index (χ0n) is 14.4. The second-order valence-corrected chi connectivity index (χ2v) is 9.19. The van der Waals surface area contributed by atoms with Crippen LogP contribution in [0.4, 0.5) is 10.8 Å². The van der Waals surface area contributed by atoms with Gasteiger partial charge in [-0.05, 0) is 31.2 Å². The molecule has 1 atom stereocenters. The normalized spacial score (nSPS) is 12.5. The quantitative estimate of drug-likeness (QED) is 0.658. The number of benzene rings is 2. The van der Waals surface area contributed by atoms with Crippen LogP contribution in [0.3, 0.4) is 0 Å². The van der Waals surface area contributed by atoms with Crippen LogP contribution in [0.25, 0.3) is 10.2 Å². The van der Waals surface area contributed by atoms with Gasteiger partial charge in [-0.2, -0.15) is 0 Å². The van der Waals surface area contributed by atoms with Crippen LogP contribution in [-0.4, -0.2) is 36.2 Å². The number of fused-ring (bicyclic) bond motifs is 1. The summed E-state index contributed by atoms with van der Waals surface area (Å²) >= 11 is 1.25. The zero-order valence-corrected chi connectivity index (χ0v) is 16.0. The van der Waals surface area contributed by atoms with Crippen molar-refractivity contribution >= 4 is 54.0 Å². The molecule has 2 N–H and O–H groups in total. The lowest BCUT2D eigenvalue weighted by molar-refractivity contribution is -0.115. The first kappa shape index (κ1) is 19.0. The van der Waals surface area contributed by atoms with E-state index in [4.69, 9.17) is 0 Å². The van der Waals surface area contributed by atoms with E-state index in [1.165, 1.54) is 18.3 Å². The number of sulfone groups is 1. The molecule has 7 nitrogen and oxygen atoms in total. The summed E-state index contributed by atoms with van der Waals surface area (Å²) < 4.78 is 25.7. The molecule has 1 unspecified atom stereocenters. The van der Waals surface area contributed by atoms with Gasteiger partial charge in [-0.15, -0.1) is 0 Å². The van der Waals surface area contributed by atoms with E-state index in [1.807, 2.05) is 18.2 Å². The number of thiazole rings is 1. The van der Waals surface area contributed by atoms with Crippen LogP contribution in [-0.2, 0) is 19.4 Å². The number of anilines is 2. The van der Waals surface area contributed by atoms with Gasteiger partial charge in [-0.25, -0.2) is 13.4 Å². The molecule has 0 aliphatic rings. The molecule has 140 valence electrons. The fourth-order valence-corrected chi connectivity index (χ4v) is 4.26. The number of carbonyl (C=O) groups is 2. The van der Waals surface area contributed by atoms with Gasteiger partial charge in [0.05, 0.1) is 10.2 Å². The Morgan fingerprint density at radius 3 is 2.41 bits per heavy atom. The topological polar surface area (TPSA) is 105 Å². The van der Waals surface area contributed by atoms with Crippen LogP contribution >= 0.6 is 11.3 Å². The summed E-state index contributed by atoms with van der Waals surface area (Å²) in [6.45, 7) is 1.26. The molecule has 0 fully saturated rings.